The van der Waals surface area contributed by atoms with Crippen molar-refractivity contribution in [3.63, 3.8) is 0 Å². The summed E-state index contributed by atoms with van der Waals surface area (Å²) in [5.74, 6) is 0. The summed E-state index contributed by atoms with van der Waals surface area (Å²) in [6.45, 7) is 26.7. The van der Waals surface area contributed by atoms with E-state index in [1.165, 1.54) is 173 Å². The first-order valence-corrected chi connectivity index (χ1v) is 34.6. The van der Waals surface area contributed by atoms with Gasteiger partial charge in [0.1, 0.15) is 0 Å². The summed E-state index contributed by atoms with van der Waals surface area (Å²) in [4.78, 5) is 18.0. The summed E-state index contributed by atoms with van der Waals surface area (Å²) in [5.41, 5.74) is 20.7. The van der Waals surface area contributed by atoms with Gasteiger partial charge in [0.25, 0.3) is 0 Å². The van der Waals surface area contributed by atoms with Crippen LogP contribution in [0.15, 0.2) is 195 Å². The van der Waals surface area contributed by atoms with Crippen LogP contribution in [-0.4, -0.2) is 19.9 Å². The Kier molecular flexibility index (Phi) is 28.7. The van der Waals surface area contributed by atoms with Gasteiger partial charge in [0.05, 0.1) is 16.6 Å². The quantitative estimate of drug-likeness (QED) is 0.0859. The Balaban J connectivity index is 0.000000154. The predicted molar refractivity (Wildman–Crippen MR) is 395 cm³/mol. The molecule has 0 saturated heterocycles. The number of rotatable bonds is 18. The van der Waals surface area contributed by atoms with Gasteiger partial charge in [0.2, 0.25) is 0 Å². The third-order valence-corrected chi connectivity index (χ3v) is 17.1. The second-order valence-electron chi connectivity index (χ2n) is 23.8. The number of hydrogen-bond donors (Lipinski definition) is 0. The summed E-state index contributed by atoms with van der Waals surface area (Å²) in [5, 5.41) is 11.8. The molecule has 0 aliphatic heterocycles. The standard InChI is InChI=1S/2C15H18.4C14H17N/c2*1-3-7-13-11-15-9-6-5-8-14(15)10-12(13)4-2;1-3-7-11-10-12-8-5-6-9-14(12)15-13(11)4-2;1-3-7-13-11(4-2)10-12-8-5-6-9-14(12)15-13;1-3-6-12-10-14-13(7-5-8-15-14)9-11(12)4-2;1-3-5-12-9-14-10-15-7-6-13(14)8-11(12)4-2/h2*5-6,8-11H,3-4,7H2,1-2H3;2*5-6,8-10H,3-4,7H2,1-2H3;5,7-10H,3-4,6H2,1-2H3;6-10H,3-5H2,1-2H3. The lowest BCUT2D eigenvalue weighted by molar-refractivity contribution is 0.865. The lowest BCUT2D eigenvalue weighted by atomic mass is 9.96. The Morgan fingerprint density at radius 1 is 0.233 bits per heavy atom. The SMILES string of the molecule is CCCc1cc2ccccc2cc1CC.CCCc1cc2ccccc2cc1CC.CCCc1cc2ccccc2nc1CC.CCCc1cc2cnccc2cc1CC.CCCc1cc2ncccc2cc1CC.CCCc1nc2ccccc2cc1CC. The van der Waals surface area contributed by atoms with E-state index in [4.69, 9.17) is 9.97 Å². The lowest BCUT2D eigenvalue weighted by Gasteiger charge is -2.09. The highest BCUT2D eigenvalue weighted by Crippen LogP contribution is 2.26. The highest BCUT2D eigenvalue weighted by Gasteiger charge is 2.09. The van der Waals surface area contributed by atoms with E-state index in [2.05, 4.69) is 257 Å². The van der Waals surface area contributed by atoms with Crippen LogP contribution in [0.5, 0.6) is 0 Å². The molecular weight excluding hydrogens is 1090 g/mol. The van der Waals surface area contributed by atoms with Gasteiger partial charge in [-0.25, -0.2) is 0 Å². The lowest BCUT2D eigenvalue weighted by Crippen LogP contribution is -1.97. The Morgan fingerprint density at radius 3 is 0.989 bits per heavy atom. The number of benzene rings is 8. The van der Waals surface area contributed by atoms with Gasteiger partial charge in [-0.05, 0) is 214 Å². The minimum atomic E-state index is 1.03. The molecule has 90 heavy (non-hydrogen) atoms. The van der Waals surface area contributed by atoms with Gasteiger partial charge in [-0.3, -0.25) is 19.9 Å². The van der Waals surface area contributed by atoms with Crippen LogP contribution in [0.25, 0.3) is 65.0 Å². The fraction of sp³-hybridized carbons (Fsp3) is 0.349. The van der Waals surface area contributed by atoms with E-state index in [0.717, 1.165) is 74.3 Å². The summed E-state index contributed by atoms with van der Waals surface area (Å²) < 4.78 is 0. The molecule has 12 rings (SSSR count). The number of pyridine rings is 4. The van der Waals surface area contributed by atoms with Crippen molar-refractivity contribution in [1.29, 1.82) is 0 Å². The average molecular weight is 1190 g/mol. The molecular formula is C86H104N4. The molecule has 0 saturated carbocycles. The van der Waals surface area contributed by atoms with E-state index in [9.17, 15) is 0 Å². The van der Waals surface area contributed by atoms with Crippen molar-refractivity contribution in [1.82, 2.24) is 19.9 Å². The highest BCUT2D eigenvalue weighted by molar-refractivity contribution is 5.86. The van der Waals surface area contributed by atoms with Gasteiger partial charge >= 0.3 is 0 Å². The number of nitrogens with zero attached hydrogens (tertiary/aromatic N) is 4. The van der Waals surface area contributed by atoms with Crippen molar-refractivity contribution in [3.8, 4) is 0 Å². The number of para-hydroxylation sites is 2. The van der Waals surface area contributed by atoms with Gasteiger partial charge in [0, 0.05) is 51.5 Å². The number of aryl methyl sites for hydroxylation is 12. The maximum Gasteiger partial charge on any atom is 0.0705 e. The van der Waals surface area contributed by atoms with Gasteiger partial charge in [-0.1, -0.05) is 243 Å². The van der Waals surface area contributed by atoms with Gasteiger partial charge < -0.3 is 0 Å². The second kappa shape index (κ2) is 37.2. The van der Waals surface area contributed by atoms with Crippen molar-refractivity contribution in [2.45, 2.75) is 199 Å². The Hall–Kier alpha value is -8.08. The molecule has 0 aliphatic carbocycles. The van der Waals surface area contributed by atoms with E-state index in [-0.39, 0.29) is 0 Å². The molecule has 4 nitrogen and oxygen atoms in total. The van der Waals surface area contributed by atoms with E-state index in [0.29, 0.717) is 0 Å². The Labute approximate surface area is 542 Å². The summed E-state index contributed by atoms with van der Waals surface area (Å²) in [6, 6.07) is 63.3. The van der Waals surface area contributed by atoms with Crippen LogP contribution in [0.2, 0.25) is 0 Å². The molecule has 0 N–H and O–H groups in total. The molecule has 0 aliphatic rings. The molecule has 4 heterocycles. The molecule has 0 bridgehead atoms. The smallest absolute Gasteiger partial charge is 0.0705 e. The largest absolute Gasteiger partial charge is 0.264 e. The third-order valence-electron chi connectivity index (χ3n) is 17.1. The summed E-state index contributed by atoms with van der Waals surface area (Å²) in [7, 11) is 0. The van der Waals surface area contributed by atoms with Crippen molar-refractivity contribution < 1.29 is 0 Å². The second-order valence-corrected chi connectivity index (χ2v) is 23.8. The molecule has 8 aromatic carbocycles. The van der Waals surface area contributed by atoms with Crippen LogP contribution < -0.4 is 0 Å². The Morgan fingerprint density at radius 2 is 0.556 bits per heavy atom. The normalized spacial score (nSPS) is 10.8. The predicted octanol–water partition coefficient (Wildman–Crippen LogP) is 23.7. The third kappa shape index (κ3) is 19.5. The summed E-state index contributed by atoms with van der Waals surface area (Å²) >= 11 is 0. The number of aromatic nitrogens is 4. The van der Waals surface area contributed by atoms with Gasteiger partial charge in [-0.2, -0.15) is 0 Å². The van der Waals surface area contributed by atoms with Crippen LogP contribution in [0.3, 0.4) is 0 Å². The van der Waals surface area contributed by atoms with Crippen molar-refractivity contribution in [3.05, 3.63) is 262 Å². The van der Waals surface area contributed by atoms with Crippen molar-refractivity contribution >= 4 is 65.0 Å². The van der Waals surface area contributed by atoms with E-state index in [1.807, 2.05) is 30.7 Å². The maximum absolute atomic E-state index is 4.74. The van der Waals surface area contributed by atoms with Crippen LogP contribution in [0.1, 0.15) is 189 Å². The molecule has 4 aromatic heterocycles. The van der Waals surface area contributed by atoms with Gasteiger partial charge in [0.15, 0.2) is 0 Å². The zero-order valence-electron chi connectivity index (χ0n) is 57.0. The van der Waals surface area contributed by atoms with Gasteiger partial charge in [-0.15, -0.1) is 0 Å². The number of hydrogen-bond acceptors (Lipinski definition) is 4. The maximum atomic E-state index is 4.74. The first-order valence-electron chi connectivity index (χ1n) is 34.6. The van der Waals surface area contributed by atoms with E-state index in [1.54, 1.807) is 0 Å². The van der Waals surface area contributed by atoms with Crippen molar-refractivity contribution in [2.75, 3.05) is 0 Å². The molecule has 468 valence electrons. The molecule has 0 amide bonds. The van der Waals surface area contributed by atoms with Crippen LogP contribution in [0.4, 0.5) is 0 Å². The number of fused-ring (bicyclic) bond motifs is 6. The first kappa shape index (κ1) is 69.4. The van der Waals surface area contributed by atoms with E-state index < -0.39 is 0 Å². The molecule has 4 heteroatoms. The average Bonchev–Trinajstić information content (AvgIpc) is 1.69. The molecule has 0 atom stereocenters. The molecule has 12 aromatic rings. The van der Waals surface area contributed by atoms with Crippen LogP contribution in [0, 0.1) is 0 Å². The van der Waals surface area contributed by atoms with Crippen LogP contribution >= 0.6 is 0 Å². The molecule has 0 fully saturated rings. The summed E-state index contributed by atoms with van der Waals surface area (Å²) in [6.07, 6.45) is 26.5. The molecule has 0 unspecified atom stereocenters. The zero-order chi connectivity index (χ0) is 64.0. The fourth-order valence-electron chi connectivity index (χ4n) is 12.4. The fourth-order valence-corrected chi connectivity index (χ4v) is 12.4. The van der Waals surface area contributed by atoms with Crippen molar-refractivity contribution in [2.24, 2.45) is 0 Å². The highest BCUT2D eigenvalue weighted by atomic mass is 14.7. The minimum absolute atomic E-state index is 1.03. The monoisotopic (exact) mass is 1190 g/mol. The molecule has 0 spiro atoms. The van der Waals surface area contributed by atoms with Crippen LogP contribution in [-0.2, 0) is 77.0 Å². The molecule has 0 radical (unpaired) electrons. The van der Waals surface area contributed by atoms with E-state index >= 15 is 0 Å². The topological polar surface area (TPSA) is 51.6 Å². The first-order chi connectivity index (χ1) is 44.1. The Bertz CT molecular complexity index is 3440. The minimum Gasteiger partial charge on any atom is -0.264 e. The zero-order valence-corrected chi connectivity index (χ0v) is 57.0.